The summed E-state index contributed by atoms with van der Waals surface area (Å²) >= 11 is 0. The molecule has 2 heterocycles. The third-order valence-corrected chi connectivity index (χ3v) is 5.75. The van der Waals surface area contributed by atoms with Crippen LogP contribution in [0.25, 0.3) is 0 Å². The highest BCUT2D eigenvalue weighted by atomic mass is 16.5. The van der Waals surface area contributed by atoms with Gasteiger partial charge in [-0.15, -0.1) is 0 Å². The lowest BCUT2D eigenvalue weighted by atomic mass is 9.57. The zero-order chi connectivity index (χ0) is 18.0. The molecule has 0 unspecified atom stereocenters. The highest BCUT2D eigenvalue weighted by Crippen LogP contribution is 2.51. The molecule has 2 amide bonds. The molecular formula is C19H29N3O3. The SMILES string of the molecule is Cc1cccc(=O)n1CCCCNC(=O)N[C@@H]1[C@H]2CCO[C@H]2C1(C)C. The molecule has 25 heavy (non-hydrogen) atoms. The lowest BCUT2D eigenvalue weighted by Gasteiger charge is -2.54. The van der Waals surface area contributed by atoms with Crippen molar-refractivity contribution in [3.8, 4) is 0 Å². The maximum absolute atomic E-state index is 12.1. The van der Waals surface area contributed by atoms with E-state index in [-0.39, 0.29) is 29.2 Å². The molecule has 3 atom stereocenters. The van der Waals surface area contributed by atoms with E-state index in [4.69, 9.17) is 4.74 Å². The van der Waals surface area contributed by atoms with E-state index in [1.807, 2.05) is 13.0 Å². The normalized spacial score (nSPS) is 26.6. The number of nitrogens with zero attached hydrogens (tertiary/aromatic N) is 1. The minimum Gasteiger partial charge on any atom is -0.377 e. The van der Waals surface area contributed by atoms with Gasteiger partial charge in [0.1, 0.15) is 0 Å². The minimum absolute atomic E-state index is 0.00447. The van der Waals surface area contributed by atoms with Crippen LogP contribution in [0.4, 0.5) is 4.79 Å². The molecule has 0 aromatic carbocycles. The molecule has 0 bridgehead atoms. The van der Waals surface area contributed by atoms with Gasteiger partial charge in [-0.05, 0) is 32.3 Å². The van der Waals surface area contributed by atoms with Gasteiger partial charge in [0.05, 0.1) is 6.10 Å². The minimum atomic E-state index is -0.100. The number of carbonyl (C=O) groups excluding carboxylic acids is 1. The number of fused-ring (bicyclic) bond motifs is 1. The fourth-order valence-corrected chi connectivity index (χ4v) is 4.32. The van der Waals surface area contributed by atoms with Crippen LogP contribution in [0, 0.1) is 18.3 Å². The van der Waals surface area contributed by atoms with Crippen LogP contribution >= 0.6 is 0 Å². The Kier molecular flexibility index (Phi) is 5.18. The molecule has 138 valence electrons. The zero-order valence-corrected chi connectivity index (χ0v) is 15.4. The van der Waals surface area contributed by atoms with E-state index in [9.17, 15) is 9.59 Å². The van der Waals surface area contributed by atoms with Gasteiger partial charge in [-0.25, -0.2) is 4.79 Å². The van der Waals surface area contributed by atoms with E-state index < -0.39 is 0 Å². The Morgan fingerprint density at radius 2 is 2.16 bits per heavy atom. The average Bonchev–Trinajstić information content (AvgIpc) is 3.02. The summed E-state index contributed by atoms with van der Waals surface area (Å²) in [5.74, 6) is 0.452. The largest absolute Gasteiger partial charge is 0.377 e. The van der Waals surface area contributed by atoms with Crippen molar-refractivity contribution < 1.29 is 9.53 Å². The Hall–Kier alpha value is -1.82. The molecule has 1 aliphatic heterocycles. The highest BCUT2D eigenvalue weighted by molar-refractivity contribution is 5.74. The lowest BCUT2D eigenvalue weighted by Crippen LogP contribution is -2.67. The van der Waals surface area contributed by atoms with Gasteiger partial charge >= 0.3 is 6.03 Å². The summed E-state index contributed by atoms with van der Waals surface area (Å²) in [6.45, 7) is 8.36. The number of hydrogen-bond donors (Lipinski definition) is 2. The Bertz CT molecular complexity index is 683. The highest BCUT2D eigenvalue weighted by Gasteiger charge is 2.59. The van der Waals surface area contributed by atoms with Gasteiger partial charge < -0.3 is 19.9 Å². The molecule has 0 radical (unpaired) electrons. The number of aromatic nitrogens is 1. The van der Waals surface area contributed by atoms with Gasteiger partial charge in [-0.3, -0.25) is 4.79 Å². The van der Waals surface area contributed by atoms with Crippen LogP contribution in [0.1, 0.15) is 38.8 Å². The molecule has 0 spiro atoms. The van der Waals surface area contributed by atoms with Crippen LogP contribution in [0.2, 0.25) is 0 Å². The van der Waals surface area contributed by atoms with Gasteiger partial charge in [0, 0.05) is 48.8 Å². The van der Waals surface area contributed by atoms with Crippen molar-refractivity contribution >= 4 is 6.03 Å². The van der Waals surface area contributed by atoms with E-state index in [1.165, 1.54) is 0 Å². The number of ether oxygens (including phenoxy) is 1. The Labute approximate surface area is 148 Å². The quantitative estimate of drug-likeness (QED) is 0.774. The van der Waals surface area contributed by atoms with E-state index in [0.717, 1.165) is 31.6 Å². The first-order valence-corrected chi connectivity index (χ1v) is 9.23. The molecule has 1 aromatic heterocycles. The summed E-state index contributed by atoms with van der Waals surface area (Å²) in [5, 5.41) is 6.06. The summed E-state index contributed by atoms with van der Waals surface area (Å²) < 4.78 is 7.53. The fourth-order valence-electron chi connectivity index (χ4n) is 4.32. The molecule has 1 aliphatic carbocycles. The smallest absolute Gasteiger partial charge is 0.315 e. The van der Waals surface area contributed by atoms with Crippen LogP contribution in [0.5, 0.6) is 0 Å². The van der Waals surface area contributed by atoms with Gasteiger partial charge in [0.2, 0.25) is 0 Å². The third kappa shape index (κ3) is 3.59. The number of rotatable bonds is 6. The predicted molar refractivity (Wildman–Crippen MR) is 96.6 cm³/mol. The second kappa shape index (κ2) is 7.20. The first kappa shape index (κ1) is 18.0. The number of carbonyl (C=O) groups is 1. The van der Waals surface area contributed by atoms with E-state index in [0.29, 0.717) is 19.0 Å². The monoisotopic (exact) mass is 347 g/mol. The Morgan fingerprint density at radius 1 is 1.36 bits per heavy atom. The molecular weight excluding hydrogens is 318 g/mol. The van der Waals surface area contributed by atoms with Crippen molar-refractivity contribution in [2.24, 2.45) is 11.3 Å². The number of urea groups is 1. The Balaban J connectivity index is 1.37. The second-order valence-electron chi connectivity index (χ2n) is 7.81. The van der Waals surface area contributed by atoms with Gasteiger partial charge in [-0.2, -0.15) is 0 Å². The van der Waals surface area contributed by atoms with Crippen LogP contribution in [0.3, 0.4) is 0 Å². The number of unbranched alkanes of at least 4 members (excludes halogenated alkanes) is 1. The summed E-state index contributed by atoms with van der Waals surface area (Å²) in [7, 11) is 0. The van der Waals surface area contributed by atoms with Crippen LogP contribution < -0.4 is 16.2 Å². The van der Waals surface area contributed by atoms with Crippen LogP contribution in [-0.2, 0) is 11.3 Å². The molecule has 1 aromatic rings. The number of hydrogen-bond acceptors (Lipinski definition) is 3. The summed E-state index contributed by atoms with van der Waals surface area (Å²) in [5.41, 5.74) is 1.01. The zero-order valence-electron chi connectivity index (χ0n) is 15.4. The van der Waals surface area contributed by atoms with Crippen molar-refractivity contribution in [1.29, 1.82) is 0 Å². The van der Waals surface area contributed by atoms with Gasteiger partial charge in [0.25, 0.3) is 5.56 Å². The van der Waals surface area contributed by atoms with E-state index in [1.54, 1.807) is 16.7 Å². The molecule has 2 fully saturated rings. The molecule has 2 aliphatic rings. The van der Waals surface area contributed by atoms with Gasteiger partial charge in [0.15, 0.2) is 0 Å². The number of aryl methyl sites for hydroxylation is 1. The molecule has 6 heteroatoms. The maximum Gasteiger partial charge on any atom is 0.315 e. The van der Waals surface area contributed by atoms with Gasteiger partial charge in [-0.1, -0.05) is 19.9 Å². The Morgan fingerprint density at radius 3 is 2.92 bits per heavy atom. The predicted octanol–water partition coefficient (Wildman–Crippen LogP) is 2.05. The first-order valence-electron chi connectivity index (χ1n) is 9.23. The van der Waals surface area contributed by atoms with Crippen molar-refractivity contribution in [2.45, 2.75) is 58.7 Å². The summed E-state index contributed by atoms with van der Waals surface area (Å²) in [6.07, 6.45) is 3.02. The van der Waals surface area contributed by atoms with Crippen molar-refractivity contribution in [3.63, 3.8) is 0 Å². The van der Waals surface area contributed by atoms with E-state index in [2.05, 4.69) is 24.5 Å². The molecule has 2 N–H and O–H groups in total. The first-order chi connectivity index (χ1) is 11.9. The van der Waals surface area contributed by atoms with Crippen LogP contribution in [-0.4, -0.2) is 35.9 Å². The van der Waals surface area contributed by atoms with E-state index >= 15 is 0 Å². The molecule has 6 nitrogen and oxygen atoms in total. The van der Waals surface area contributed by atoms with Crippen molar-refractivity contribution in [1.82, 2.24) is 15.2 Å². The topological polar surface area (TPSA) is 72.4 Å². The summed E-state index contributed by atoms with van der Waals surface area (Å²) in [4.78, 5) is 23.9. The maximum atomic E-state index is 12.1. The van der Waals surface area contributed by atoms with Crippen molar-refractivity contribution in [3.05, 3.63) is 34.2 Å². The third-order valence-electron chi connectivity index (χ3n) is 5.75. The second-order valence-corrected chi connectivity index (χ2v) is 7.81. The standard InChI is InChI=1S/C19H29N3O3/c1-13-7-6-8-15(23)22(13)11-5-4-10-20-18(24)21-16-14-9-12-25-17(14)19(16,2)3/h6-8,14,16-17H,4-5,9-12H2,1-3H3,(H2,20,21,24)/t14-,16-,17-/m1/s1. The average molecular weight is 347 g/mol. The van der Waals surface area contributed by atoms with Crippen molar-refractivity contribution in [2.75, 3.05) is 13.2 Å². The number of pyridine rings is 1. The lowest BCUT2D eigenvalue weighted by molar-refractivity contribution is -0.108. The molecule has 1 saturated carbocycles. The molecule has 3 rings (SSSR count). The number of nitrogens with one attached hydrogen (secondary N) is 2. The summed E-state index contributed by atoms with van der Waals surface area (Å²) in [6, 6.07) is 5.39. The van der Waals surface area contributed by atoms with Crippen LogP contribution in [0.15, 0.2) is 23.0 Å². The fraction of sp³-hybridized carbons (Fsp3) is 0.684. The molecule has 1 saturated heterocycles. The number of amides is 2.